The summed E-state index contributed by atoms with van der Waals surface area (Å²) in [4.78, 5) is 41.7. The Bertz CT molecular complexity index is 1170. The van der Waals surface area contributed by atoms with Gasteiger partial charge in [0.05, 0.1) is 23.0 Å². The Kier molecular flexibility index (Phi) is 4.68. The first-order valence-corrected chi connectivity index (χ1v) is 10.3. The van der Waals surface area contributed by atoms with Crippen molar-refractivity contribution < 1.29 is 19.1 Å². The van der Waals surface area contributed by atoms with Crippen molar-refractivity contribution in [2.75, 3.05) is 18.5 Å². The Morgan fingerprint density at radius 3 is 2.93 bits per heavy atom. The lowest BCUT2D eigenvalue weighted by molar-refractivity contribution is -0.122. The fourth-order valence-electron chi connectivity index (χ4n) is 3.44. The van der Waals surface area contributed by atoms with E-state index in [4.69, 9.17) is 4.74 Å². The maximum atomic E-state index is 12.9. The zero-order valence-electron chi connectivity index (χ0n) is 15.8. The molecule has 11 heteroatoms. The van der Waals surface area contributed by atoms with Gasteiger partial charge in [0.1, 0.15) is 12.2 Å². The Morgan fingerprint density at radius 1 is 1.30 bits per heavy atom. The van der Waals surface area contributed by atoms with Gasteiger partial charge >= 0.3 is 0 Å². The van der Waals surface area contributed by atoms with Gasteiger partial charge in [-0.2, -0.15) is 4.37 Å². The number of carbonyl (C=O) groups excluding carboxylic acids is 3. The van der Waals surface area contributed by atoms with Crippen LogP contribution in [0, 0.1) is 0 Å². The van der Waals surface area contributed by atoms with E-state index in [0.29, 0.717) is 24.5 Å². The number of amides is 3. The summed E-state index contributed by atoms with van der Waals surface area (Å²) < 4.78 is 12.0. The average Bonchev–Trinajstić information content (AvgIpc) is 3.28. The van der Waals surface area contributed by atoms with E-state index in [1.54, 1.807) is 0 Å². The summed E-state index contributed by atoms with van der Waals surface area (Å²) in [6.07, 6.45) is 0.899. The topological polar surface area (TPSA) is 127 Å². The van der Waals surface area contributed by atoms with E-state index in [9.17, 15) is 14.4 Å². The molecule has 2 aliphatic rings. The normalized spacial score (nSPS) is 17.7. The highest BCUT2D eigenvalue weighted by molar-refractivity contribution is 7.13. The van der Waals surface area contributed by atoms with E-state index >= 15 is 0 Å². The minimum Gasteiger partial charge on any atom is -0.376 e. The average molecular weight is 426 g/mol. The van der Waals surface area contributed by atoms with Gasteiger partial charge in [0, 0.05) is 18.5 Å². The van der Waals surface area contributed by atoms with E-state index in [0.717, 1.165) is 16.5 Å². The lowest BCUT2D eigenvalue weighted by atomic mass is 10.2. The highest BCUT2D eigenvalue weighted by Gasteiger charge is 2.29. The zero-order chi connectivity index (χ0) is 20.7. The summed E-state index contributed by atoms with van der Waals surface area (Å²) in [5.41, 5.74) is 0.859. The highest BCUT2D eigenvalue weighted by Crippen LogP contribution is 2.25. The molecule has 4 heterocycles. The highest BCUT2D eigenvalue weighted by atomic mass is 32.1. The van der Waals surface area contributed by atoms with Crippen LogP contribution in [-0.2, 0) is 22.6 Å². The summed E-state index contributed by atoms with van der Waals surface area (Å²) in [7, 11) is 0. The number of anilines is 1. The molecular weight excluding hydrogens is 408 g/mol. The maximum Gasteiger partial charge on any atom is 0.287 e. The van der Waals surface area contributed by atoms with Crippen molar-refractivity contribution in [2.24, 2.45) is 0 Å². The predicted octanol–water partition coefficient (Wildman–Crippen LogP) is 0.894. The second-order valence-electron chi connectivity index (χ2n) is 7.07. The fourth-order valence-corrected chi connectivity index (χ4v) is 4.21. The number of nitrogens with one attached hydrogen (secondary N) is 3. The summed E-state index contributed by atoms with van der Waals surface area (Å²) in [5.74, 6) is -0.736. The van der Waals surface area contributed by atoms with Crippen LogP contribution in [0.5, 0.6) is 0 Å². The largest absolute Gasteiger partial charge is 0.376 e. The molecule has 1 unspecified atom stereocenters. The Hall–Kier alpha value is -3.31. The molecule has 3 aromatic rings. The molecule has 5 rings (SSSR count). The number of hydrogen-bond donors (Lipinski definition) is 3. The van der Waals surface area contributed by atoms with E-state index in [1.807, 2.05) is 24.3 Å². The molecule has 0 bridgehead atoms. The summed E-state index contributed by atoms with van der Waals surface area (Å²) in [6.45, 7) is 1.19. The van der Waals surface area contributed by atoms with Crippen LogP contribution in [-0.4, -0.2) is 50.9 Å². The molecule has 30 heavy (non-hydrogen) atoms. The first-order valence-electron chi connectivity index (χ1n) is 9.52. The minimum absolute atomic E-state index is 0.00477. The number of nitrogens with zero attached hydrogens (tertiary/aromatic N) is 3. The molecule has 1 saturated heterocycles. The Balaban J connectivity index is 1.42. The molecule has 1 atom stereocenters. The van der Waals surface area contributed by atoms with Gasteiger partial charge in [-0.25, -0.2) is 4.98 Å². The number of imidazole rings is 1. The number of benzene rings is 1. The van der Waals surface area contributed by atoms with E-state index < -0.39 is 11.8 Å². The van der Waals surface area contributed by atoms with Gasteiger partial charge in [-0.05, 0) is 24.0 Å². The van der Waals surface area contributed by atoms with Crippen LogP contribution in [0.1, 0.15) is 33.2 Å². The van der Waals surface area contributed by atoms with Crippen LogP contribution in [0.4, 0.5) is 5.82 Å². The smallest absolute Gasteiger partial charge is 0.287 e. The van der Waals surface area contributed by atoms with Gasteiger partial charge in [-0.1, -0.05) is 18.2 Å². The van der Waals surface area contributed by atoms with Crippen LogP contribution >= 0.6 is 11.5 Å². The van der Waals surface area contributed by atoms with Gasteiger partial charge in [-0.3, -0.25) is 14.4 Å². The molecular formula is C19H18N6O4S. The maximum absolute atomic E-state index is 12.9. The quantitative estimate of drug-likeness (QED) is 0.556. The van der Waals surface area contributed by atoms with Crippen molar-refractivity contribution in [3.63, 3.8) is 0 Å². The van der Waals surface area contributed by atoms with E-state index in [2.05, 4.69) is 25.3 Å². The second kappa shape index (κ2) is 7.50. The van der Waals surface area contributed by atoms with Crippen molar-refractivity contribution in [3.05, 3.63) is 41.5 Å². The third-order valence-electron chi connectivity index (χ3n) is 5.14. The SMILES string of the molecule is O=C1Cn2c(C(=O)NCC3CCO3)nc(NC(=O)c3nsc4ccccc34)c2CN1. The number of fused-ring (bicyclic) bond motifs is 2. The number of ether oxygens (including phenoxy) is 1. The first kappa shape index (κ1) is 18.7. The standard InChI is InChI=1S/C19H18N6O4S/c26-14-9-25-12(8-20-14)16(22-17(25)19(28)21-7-10-5-6-29-10)23-18(27)15-11-3-1-2-4-13(11)30-24-15/h1-4,10H,5-9H2,(H,20,26)(H,21,28)(H,23,27). The molecule has 2 aromatic heterocycles. The minimum atomic E-state index is -0.417. The second-order valence-corrected chi connectivity index (χ2v) is 7.87. The number of rotatable bonds is 5. The summed E-state index contributed by atoms with van der Waals surface area (Å²) in [5, 5.41) is 9.01. The van der Waals surface area contributed by atoms with Crippen molar-refractivity contribution in [1.82, 2.24) is 24.6 Å². The number of carbonyl (C=O) groups is 3. The lowest BCUT2D eigenvalue weighted by Gasteiger charge is -2.26. The molecule has 0 radical (unpaired) electrons. The monoisotopic (exact) mass is 426 g/mol. The predicted molar refractivity (Wildman–Crippen MR) is 108 cm³/mol. The molecule has 3 N–H and O–H groups in total. The third-order valence-corrected chi connectivity index (χ3v) is 5.97. The Morgan fingerprint density at radius 2 is 2.13 bits per heavy atom. The van der Waals surface area contributed by atoms with E-state index in [1.165, 1.54) is 16.1 Å². The fraction of sp³-hybridized carbons (Fsp3) is 0.316. The van der Waals surface area contributed by atoms with Gasteiger partial charge in [-0.15, -0.1) is 0 Å². The van der Waals surface area contributed by atoms with Crippen LogP contribution in [0.3, 0.4) is 0 Å². The van der Waals surface area contributed by atoms with Gasteiger partial charge in [0.25, 0.3) is 11.8 Å². The summed E-state index contributed by atoms with van der Waals surface area (Å²) >= 11 is 1.24. The third kappa shape index (κ3) is 3.31. The van der Waals surface area contributed by atoms with Crippen molar-refractivity contribution in [2.45, 2.75) is 25.6 Å². The molecule has 0 spiro atoms. The van der Waals surface area contributed by atoms with Gasteiger partial charge in [0.2, 0.25) is 11.7 Å². The van der Waals surface area contributed by atoms with Gasteiger partial charge in [0.15, 0.2) is 5.82 Å². The van der Waals surface area contributed by atoms with Gasteiger partial charge < -0.3 is 25.3 Å². The molecule has 154 valence electrons. The molecule has 2 aliphatic heterocycles. The van der Waals surface area contributed by atoms with Crippen molar-refractivity contribution in [1.29, 1.82) is 0 Å². The van der Waals surface area contributed by atoms with Crippen LogP contribution in [0.2, 0.25) is 0 Å². The van der Waals surface area contributed by atoms with Crippen LogP contribution in [0.25, 0.3) is 10.1 Å². The zero-order valence-corrected chi connectivity index (χ0v) is 16.6. The Labute approximate surface area is 174 Å². The van der Waals surface area contributed by atoms with Crippen LogP contribution in [0.15, 0.2) is 24.3 Å². The first-order chi connectivity index (χ1) is 14.6. The number of hydrogen-bond acceptors (Lipinski definition) is 7. The molecule has 0 saturated carbocycles. The molecule has 1 fully saturated rings. The summed E-state index contributed by atoms with van der Waals surface area (Å²) in [6, 6.07) is 7.45. The molecule has 3 amide bonds. The molecule has 1 aromatic carbocycles. The molecule has 0 aliphatic carbocycles. The van der Waals surface area contributed by atoms with Crippen molar-refractivity contribution >= 4 is 45.2 Å². The van der Waals surface area contributed by atoms with E-state index in [-0.39, 0.29) is 36.7 Å². The van der Waals surface area contributed by atoms with Crippen molar-refractivity contribution in [3.8, 4) is 0 Å². The lowest BCUT2D eigenvalue weighted by Crippen LogP contribution is -2.41. The van der Waals surface area contributed by atoms with Crippen LogP contribution < -0.4 is 16.0 Å². The number of aromatic nitrogens is 3. The molecule has 10 nitrogen and oxygen atoms in total.